The SMILES string of the molecule is CCNC(=NCc1cccc(OC)c1)N(C)CCOCC1CC1.I. The zero-order valence-corrected chi connectivity index (χ0v) is 17.3. The van der Waals surface area contributed by atoms with Gasteiger partial charge in [-0.05, 0) is 43.4 Å². The maximum absolute atomic E-state index is 5.71. The molecule has 0 radical (unpaired) electrons. The van der Waals surface area contributed by atoms with E-state index in [0.717, 1.165) is 49.5 Å². The summed E-state index contributed by atoms with van der Waals surface area (Å²) in [5, 5.41) is 3.33. The van der Waals surface area contributed by atoms with Gasteiger partial charge in [0.15, 0.2) is 5.96 Å². The molecule has 1 fully saturated rings. The van der Waals surface area contributed by atoms with E-state index < -0.39 is 0 Å². The van der Waals surface area contributed by atoms with Crippen molar-refractivity contribution in [3.63, 3.8) is 0 Å². The molecule has 1 aliphatic carbocycles. The van der Waals surface area contributed by atoms with Crippen molar-refractivity contribution >= 4 is 29.9 Å². The fraction of sp³-hybridized carbons (Fsp3) is 0.611. The van der Waals surface area contributed by atoms with Crippen molar-refractivity contribution in [3.8, 4) is 5.75 Å². The standard InChI is InChI=1S/C18H29N3O2.HI/c1-4-19-18(21(2)10-11-23-14-15-8-9-15)20-13-16-6-5-7-17(12-16)22-3;/h5-7,12,15H,4,8-11,13-14H2,1-3H3,(H,19,20);1H. The lowest BCUT2D eigenvalue weighted by atomic mass is 10.2. The Kier molecular flexibility index (Phi) is 10.1. The molecular weight excluding hydrogens is 417 g/mol. The molecule has 1 aromatic rings. The first kappa shape index (κ1) is 21.0. The minimum atomic E-state index is 0. The van der Waals surface area contributed by atoms with Gasteiger partial charge in [-0.25, -0.2) is 4.99 Å². The molecule has 1 aromatic carbocycles. The molecular formula is C18H30IN3O2. The van der Waals surface area contributed by atoms with Crippen LogP contribution < -0.4 is 10.1 Å². The van der Waals surface area contributed by atoms with Crippen molar-refractivity contribution in [2.75, 3.05) is 40.5 Å². The summed E-state index contributed by atoms with van der Waals surface area (Å²) < 4.78 is 11.0. The molecule has 136 valence electrons. The van der Waals surface area contributed by atoms with Crippen LogP contribution in [0.5, 0.6) is 5.75 Å². The molecule has 0 bridgehead atoms. The van der Waals surface area contributed by atoms with E-state index in [1.54, 1.807) is 7.11 Å². The van der Waals surface area contributed by atoms with Gasteiger partial charge in [-0.2, -0.15) is 0 Å². The number of likely N-dealkylation sites (N-methyl/N-ethyl adjacent to an activating group) is 1. The Bertz CT molecular complexity index is 507. The van der Waals surface area contributed by atoms with Crippen molar-refractivity contribution in [1.29, 1.82) is 0 Å². The molecule has 0 heterocycles. The maximum Gasteiger partial charge on any atom is 0.194 e. The van der Waals surface area contributed by atoms with Gasteiger partial charge < -0.3 is 19.7 Å². The predicted octanol–water partition coefficient (Wildman–Crippen LogP) is 3.14. The van der Waals surface area contributed by atoms with Crippen LogP contribution in [-0.4, -0.2) is 51.3 Å². The summed E-state index contributed by atoms with van der Waals surface area (Å²) in [5.41, 5.74) is 1.14. The van der Waals surface area contributed by atoms with Crippen LogP contribution in [0.3, 0.4) is 0 Å². The van der Waals surface area contributed by atoms with Crippen LogP contribution in [0, 0.1) is 5.92 Å². The van der Waals surface area contributed by atoms with Gasteiger partial charge in [0, 0.05) is 26.7 Å². The van der Waals surface area contributed by atoms with Crippen LogP contribution >= 0.6 is 24.0 Å². The molecule has 6 heteroatoms. The van der Waals surface area contributed by atoms with E-state index in [-0.39, 0.29) is 24.0 Å². The summed E-state index contributed by atoms with van der Waals surface area (Å²) in [7, 11) is 3.73. The van der Waals surface area contributed by atoms with Gasteiger partial charge in [-0.3, -0.25) is 0 Å². The van der Waals surface area contributed by atoms with Crippen LogP contribution in [0.15, 0.2) is 29.3 Å². The average Bonchev–Trinajstić information content (AvgIpc) is 3.39. The first-order valence-electron chi connectivity index (χ1n) is 8.43. The zero-order chi connectivity index (χ0) is 16.5. The predicted molar refractivity (Wildman–Crippen MR) is 109 cm³/mol. The number of benzene rings is 1. The molecule has 5 nitrogen and oxygen atoms in total. The number of aliphatic imine (C=N–C) groups is 1. The van der Waals surface area contributed by atoms with E-state index in [9.17, 15) is 0 Å². The van der Waals surface area contributed by atoms with Gasteiger partial charge in [0.05, 0.1) is 20.3 Å². The molecule has 1 N–H and O–H groups in total. The van der Waals surface area contributed by atoms with Crippen LogP contribution in [0.1, 0.15) is 25.3 Å². The summed E-state index contributed by atoms with van der Waals surface area (Å²) in [6.45, 7) is 6.06. The highest BCUT2D eigenvalue weighted by Crippen LogP contribution is 2.28. The molecule has 0 spiro atoms. The Morgan fingerprint density at radius 2 is 2.17 bits per heavy atom. The van der Waals surface area contributed by atoms with E-state index >= 15 is 0 Å². The molecule has 0 saturated heterocycles. The second kappa shape index (κ2) is 11.5. The third kappa shape index (κ3) is 7.70. The highest BCUT2D eigenvalue weighted by atomic mass is 127. The molecule has 1 aliphatic rings. The van der Waals surface area contributed by atoms with Crippen molar-refractivity contribution in [2.45, 2.75) is 26.3 Å². The summed E-state index contributed by atoms with van der Waals surface area (Å²) in [6, 6.07) is 8.02. The normalized spacial score (nSPS) is 14.0. The quantitative estimate of drug-likeness (QED) is 0.274. The summed E-state index contributed by atoms with van der Waals surface area (Å²) in [6.07, 6.45) is 2.67. The molecule has 0 amide bonds. The fourth-order valence-electron chi connectivity index (χ4n) is 2.25. The molecule has 0 aromatic heterocycles. The Hall–Kier alpha value is -1.02. The smallest absolute Gasteiger partial charge is 0.194 e. The first-order chi connectivity index (χ1) is 11.2. The van der Waals surface area contributed by atoms with Crippen molar-refractivity contribution in [1.82, 2.24) is 10.2 Å². The lowest BCUT2D eigenvalue weighted by Crippen LogP contribution is -2.40. The third-order valence-electron chi connectivity index (χ3n) is 3.86. The molecule has 0 atom stereocenters. The number of rotatable bonds is 9. The molecule has 1 saturated carbocycles. The van der Waals surface area contributed by atoms with E-state index in [4.69, 9.17) is 14.5 Å². The Morgan fingerprint density at radius 1 is 1.38 bits per heavy atom. The number of hydrogen-bond donors (Lipinski definition) is 1. The van der Waals surface area contributed by atoms with Gasteiger partial charge in [-0.1, -0.05) is 12.1 Å². The molecule has 24 heavy (non-hydrogen) atoms. The summed E-state index contributed by atoms with van der Waals surface area (Å²) in [4.78, 5) is 6.83. The molecule has 2 rings (SSSR count). The van der Waals surface area contributed by atoms with Crippen molar-refractivity contribution < 1.29 is 9.47 Å². The lowest BCUT2D eigenvalue weighted by molar-refractivity contribution is 0.115. The van der Waals surface area contributed by atoms with E-state index in [2.05, 4.69) is 23.2 Å². The van der Waals surface area contributed by atoms with Gasteiger partial charge in [-0.15, -0.1) is 24.0 Å². The Labute approximate surface area is 162 Å². The minimum absolute atomic E-state index is 0. The van der Waals surface area contributed by atoms with Gasteiger partial charge in [0.2, 0.25) is 0 Å². The summed E-state index contributed by atoms with van der Waals surface area (Å²) >= 11 is 0. The molecule has 0 aliphatic heterocycles. The lowest BCUT2D eigenvalue weighted by Gasteiger charge is -2.22. The highest BCUT2D eigenvalue weighted by molar-refractivity contribution is 14.0. The number of guanidine groups is 1. The second-order valence-electron chi connectivity index (χ2n) is 5.96. The van der Waals surface area contributed by atoms with E-state index in [1.807, 2.05) is 25.2 Å². The monoisotopic (exact) mass is 447 g/mol. The van der Waals surface area contributed by atoms with Crippen molar-refractivity contribution in [3.05, 3.63) is 29.8 Å². The maximum atomic E-state index is 5.71. The second-order valence-corrected chi connectivity index (χ2v) is 5.96. The topological polar surface area (TPSA) is 46.1 Å². The van der Waals surface area contributed by atoms with Crippen LogP contribution in [0.4, 0.5) is 0 Å². The third-order valence-corrected chi connectivity index (χ3v) is 3.86. The van der Waals surface area contributed by atoms with E-state index in [0.29, 0.717) is 6.54 Å². The van der Waals surface area contributed by atoms with Crippen LogP contribution in [0.25, 0.3) is 0 Å². The number of methoxy groups -OCH3 is 1. The minimum Gasteiger partial charge on any atom is -0.497 e. The summed E-state index contributed by atoms with van der Waals surface area (Å²) in [5.74, 6) is 2.59. The van der Waals surface area contributed by atoms with Gasteiger partial charge >= 0.3 is 0 Å². The Morgan fingerprint density at radius 3 is 2.83 bits per heavy atom. The largest absolute Gasteiger partial charge is 0.497 e. The average molecular weight is 447 g/mol. The van der Waals surface area contributed by atoms with Gasteiger partial charge in [0.1, 0.15) is 5.75 Å². The Balaban J connectivity index is 0.00000288. The van der Waals surface area contributed by atoms with Gasteiger partial charge in [0.25, 0.3) is 0 Å². The van der Waals surface area contributed by atoms with Crippen molar-refractivity contribution in [2.24, 2.45) is 10.9 Å². The number of hydrogen-bond acceptors (Lipinski definition) is 3. The number of ether oxygens (including phenoxy) is 2. The number of halogens is 1. The number of nitrogens with one attached hydrogen (secondary N) is 1. The van der Waals surface area contributed by atoms with Crippen LogP contribution in [0.2, 0.25) is 0 Å². The fourth-order valence-corrected chi connectivity index (χ4v) is 2.25. The van der Waals surface area contributed by atoms with Crippen LogP contribution in [-0.2, 0) is 11.3 Å². The molecule has 0 unspecified atom stereocenters. The zero-order valence-electron chi connectivity index (χ0n) is 15.0. The van der Waals surface area contributed by atoms with E-state index in [1.165, 1.54) is 12.8 Å². The number of nitrogens with zero attached hydrogens (tertiary/aromatic N) is 2. The highest BCUT2D eigenvalue weighted by Gasteiger charge is 2.21. The first-order valence-corrected chi connectivity index (χ1v) is 8.43.